The van der Waals surface area contributed by atoms with Crippen LogP contribution in [-0.2, 0) is 76.0 Å². The summed E-state index contributed by atoms with van der Waals surface area (Å²) >= 11 is 5.35. The van der Waals surface area contributed by atoms with Gasteiger partial charge in [-0.05, 0) is 30.6 Å². The second-order valence-electron chi connectivity index (χ2n) is 13.6. The summed E-state index contributed by atoms with van der Waals surface area (Å²) in [5.41, 5.74) is 8.17. The summed E-state index contributed by atoms with van der Waals surface area (Å²) in [6.07, 6.45) is 2.10. The van der Waals surface area contributed by atoms with Crippen molar-refractivity contribution in [1.82, 2.24) is 10.6 Å². The zero-order valence-electron chi connectivity index (χ0n) is 36.3. The molecule has 0 unspecified atom stereocenters. The molecule has 22 heteroatoms. The summed E-state index contributed by atoms with van der Waals surface area (Å²) in [5.74, 6) is -2.64. The van der Waals surface area contributed by atoms with Crippen molar-refractivity contribution >= 4 is 41.2 Å². The molecule has 0 bridgehead atoms. The van der Waals surface area contributed by atoms with Crippen LogP contribution in [0.2, 0.25) is 0 Å². The normalized spacial score (nSPS) is 18.4. The number of carbonyl (C=O) groups is 4. The van der Waals surface area contributed by atoms with E-state index in [1.807, 2.05) is 0 Å². The predicted octanol–water partition coefficient (Wildman–Crippen LogP) is 3.08. The maximum absolute atomic E-state index is 12.0. The Morgan fingerprint density at radius 2 is 1.00 bits per heavy atom. The maximum Gasteiger partial charge on any atom is 0.303 e. The molecule has 1 rings (SSSR count). The fraction of sp³-hybridized carbons (Fsp3) is 0.872. The zero-order chi connectivity index (χ0) is 44.8. The number of ether oxygens (including phenoxy) is 12. The van der Waals surface area contributed by atoms with Gasteiger partial charge in [0, 0.05) is 58.8 Å². The van der Waals surface area contributed by atoms with E-state index in [0.717, 1.165) is 51.5 Å². The minimum atomic E-state index is -1.25. The van der Waals surface area contributed by atoms with Crippen molar-refractivity contribution in [3.63, 3.8) is 0 Å². The van der Waals surface area contributed by atoms with Crippen molar-refractivity contribution in [2.24, 2.45) is 5.11 Å². The first-order valence-electron chi connectivity index (χ1n) is 21.0. The van der Waals surface area contributed by atoms with Gasteiger partial charge in [-0.1, -0.05) is 43.6 Å². The zero-order valence-corrected chi connectivity index (χ0v) is 37.2. The summed E-state index contributed by atoms with van der Waals surface area (Å²) < 4.78 is 65.9. The summed E-state index contributed by atoms with van der Waals surface area (Å²) in [4.78, 5) is 50.0. The van der Waals surface area contributed by atoms with Crippen LogP contribution >= 0.6 is 12.2 Å². The lowest BCUT2D eigenvalue weighted by atomic mass is 9.98. The Morgan fingerprint density at radius 1 is 0.557 bits per heavy atom. The van der Waals surface area contributed by atoms with Gasteiger partial charge in [-0.25, -0.2) is 0 Å². The van der Waals surface area contributed by atoms with E-state index >= 15 is 0 Å². The Bertz CT molecular complexity index is 1250. The number of hydrogen-bond acceptors (Lipinski definition) is 18. The number of nitrogens with zero attached hydrogens (tertiary/aromatic N) is 3. The third-order valence-electron chi connectivity index (χ3n) is 8.38. The van der Waals surface area contributed by atoms with Gasteiger partial charge >= 0.3 is 23.9 Å². The number of hydrogen-bond donors (Lipinski definition) is 2. The van der Waals surface area contributed by atoms with Crippen LogP contribution in [0.25, 0.3) is 10.4 Å². The van der Waals surface area contributed by atoms with Crippen molar-refractivity contribution in [2.75, 3.05) is 112 Å². The molecule has 0 aromatic carbocycles. The lowest BCUT2D eigenvalue weighted by Gasteiger charge is -2.44. The van der Waals surface area contributed by atoms with Crippen LogP contribution in [0.4, 0.5) is 0 Å². The minimum Gasteiger partial charge on any atom is -0.463 e. The third-order valence-corrected chi connectivity index (χ3v) is 8.67. The molecule has 0 aromatic heterocycles. The predicted molar refractivity (Wildman–Crippen MR) is 222 cm³/mol. The van der Waals surface area contributed by atoms with Crippen molar-refractivity contribution in [3.8, 4) is 0 Å². The first-order valence-corrected chi connectivity index (χ1v) is 21.4. The molecule has 1 heterocycles. The van der Waals surface area contributed by atoms with E-state index in [0.29, 0.717) is 104 Å². The molecule has 1 aliphatic rings. The van der Waals surface area contributed by atoms with Crippen LogP contribution in [0.1, 0.15) is 79.1 Å². The van der Waals surface area contributed by atoms with Crippen molar-refractivity contribution in [2.45, 2.75) is 110 Å². The fourth-order valence-corrected chi connectivity index (χ4v) is 5.87. The SMILES string of the molecule is CC(=O)OC[C@H]1O[C@H](OCCCCCCCCCCNC(=S)NCCOCCOCCOCCOCCOCCOCCN=[N+]=[N-])[C@@H](OC(C)=O)[C@@H](OC(C)=O)[C@@H]1OC(C)=O. The lowest BCUT2D eigenvalue weighted by Crippen LogP contribution is -2.63. The monoisotopic (exact) mass is 895 g/mol. The molecule has 0 radical (unpaired) electrons. The molecule has 0 aliphatic carbocycles. The molecule has 1 aliphatic heterocycles. The van der Waals surface area contributed by atoms with Crippen LogP contribution in [0.5, 0.6) is 0 Å². The number of nitrogens with one attached hydrogen (secondary N) is 2. The van der Waals surface area contributed by atoms with Gasteiger partial charge in [0.25, 0.3) is 0 Å². The Balaban J connectivity index is 2.03. The Morgan fingerprint density at radius 3 is 1.51 bits per heavy atom. The Kier molecular flexibility index (Phi) is 34.9. The van der Waals surface area contributed by atoms with E-state index in [4.69, 9.17) is 74.6 Å². The smallest absolute Gasteiger partial charge is 0.303 e. The average Bonchev–Trinajstić information content (AvgIpc) is 3.20. The molecule has 0 amide bonds. The molecule has 1 fully saturated rings. The first kappa shape index (κ1) is 55.6. The molecule has 2 N–H and O–H groups in total. The molecule has 352 valence electrons. The van der Waals surface area contributed by atoms with E-state index in [1.165, 1.54) is 27.7 Å². The number of thiocarbonyl (C=S) groups is 1. The molecular formula is C39H69N5O16S. The molecular weight excluding hydrogens is 827 g/mol. The highest BCUT2D eigenvalue weighted by Gasteiger charge is 2.52. The number of esters is 4. The molecule has 0 spiro atoms. The Hall–Kier alpha value is -3.44. The number of carbonyl (C=O) groups excluding carboxylic acids is 4. The topological polar surface area (TPSA) is 252 Å². The van der Waals surface area contributed by atoms with Gasteiger partial charge in [-0.2, -0.15) is 0 Å². The van der Waals surface area contributed by atoms with Crippen LogP contribution in [0.15, 0.2) is 5.11 Å². The third kappa shape index (κ3) is 32.0. The van der Waals surface area contributed by atoms with Gasteiger partial charge < -0.3 is 67.5 Å². The van der Waals surface area contributed by atoms with Crippen LogP contribution in [0, 0.1) is 0 Å². The second kappa shape index (κ2) is 38.3. The summed E-state index contributed by atoms with van der Waals surface area (Å²) in [7, 11) is 0. The van der Waals surface area contributed by atoms with Gasteiger partial charge in [-0.3, -0.25) is 19.2 Å². The quantitative estimate of drug-likeness (QED) is 0.0172. The van der Waals surface area contributed by atoms with Crippen LogP contribution in [-0.4, -0.2) is 172 Å². The number of azide groups is 1. The summed E-state index contributed by atoms with van der Waals surface area (Å²) in [6, 6.07) is 0. The lowest BCUT2D eigenvalue weighted by molar-refractivity contribution is -0.308. The second-order valence-corrected chi connectivity index (χ2v) is 14.0. The fourth-order valence-electron chi connectivity index (χ4n) is 5.66. The minimum absolute atomic E-state index is 0.268. The molecule has 0 aromatic rings. The van der Waals surface area contributed by atoms with Gasteiger partial charge in [0.05, 0.1) is 79.3 Å². The van der Waals surface area contributed by atoms with Gasteiger partial charge in [0.2, 0.25) is 0 Å². The number of unbranched alkanes of at least 4 members (excludes halogenated alkanes) is 7. The average molecular weight is 896 g/mol. The number of rotatable bonds is 38. The molecule has 0 saturated carbocycles. The van der Waals surface area contributed by atoms with Crippen molar-refractivity contribution in [3.05, 3.63) is 10.4 Å². The van der Waals surface area contributed by atoms with E-state index in [1.54, 1.807) is 0 Å². The highest BCUT2D eigenvalue weighted by molar-refractivity contribution is 7.80. The summed E-state index contributed by atoms with van der Waals surface area (Å²) in [6.45, 7) is 12.0. The molecule has 21 nitrogen and oxygen atoms in total. The van der Waals surface area contributed by atoms with Gasteiger partial charge in [0.15, 0.2) is 29.7 Å². The maximum atomic E-state index is 12.0. The highest BCUT2D eigenvalue weighted by Crippen LogP contribution is 2.30. The highest BCUT2D eigenvalue weighted by atomic mass is 32.1. The van der Waals surface area contributed by atoms with E-state index < -0.39 is 54.6 Å². The van der Waals surface area contributed by atoms with Crippen molar-refractivity contribution in [1.29, 1.82) is 0 Å². The first-order chi connectivity index (χ1) is 29.5. The molecule has 61 heavy (non-hydrogen) atoms. The Labute approximate surface area is 364 Å². The van der Waals surface area contributed by atoms with Crippen LogP contribution < -0.4 is 10.6 Å². The van der Waals surface area contributed by atoms with Crippen molar-refractivity contribution < 1.29 is 76.0 Å². The molecule has 1 saturated heterocycles. The van der Waals surface area contributed by atoms with Crippen LogP contribution in [0.3, 0.4) is 0 Å². The van der Waals surface area contributed by atoms with Gasteiger partial charge in [0.1, 0.15) is 12.7 Å². The largest absolute Gasteiger partial charge is 0.463 e. The standard InChI is InChI=1S/C39H69N5O16S/c1-30(45)56-29-34-35(57-31(2)46)36(58-32(3)47)37(59-33(4)48)38(60-34)55-16-12-10-8-6-5-7-9-11-13-41-39(61)42-14-17-49-19-21-51-23-25-53-27-28-54-26-24-52-22-20-50-18-15-43-44-40/h34-38H,5-29H2,1-4H3,(H2,41,42,61)/t34-,35-,36+,37+,38+/m1/s1. The van der Waals surface area contributed by atoms with E-state index in [2.05, 4.69) is 20.7 Å². The molecule has 5 atom stereocenters. The summed E-state index contributed by atoms with van der Waals surface area (Å²) in [5, 5.41) is 10.3. The van der Waals surface area contributed by atoms with E-state index in [9.17, 15) is 19.2 Å². The van der Waals surface area contributed by atoms with Gasteiger partial charge in [-0.15, -0.1) is 0 Å². The van der Waals surface area contributed by atoms with E-state index in [-0.39, 0.29) is 13.2 Å².